The summed E-state index contributed by atoms with van der Waals surface area (Å²) >= 11 is 5.90. The van der Waals surface area contributed by atoms with Crippen LogP contribution in [-0.4, -0.2) is 53.9 Å². The molecule has 160 valence electrons. The SMILES string of the molecule is CC(Oc1ccc(C(C)C)cc1)C(=O)N1CCN(C(=O)Cc2ccc(Cl)cc2)CC1. The fourth-order valence-electron chi connectivity index (χ4n) is 3.51. The summed E-state index contributed by atoms with van der Waals surface area (Å²) in [6.45, 7) is 8.17. The molecule has 0 aromatic heterocycles. The van der Waals surface area contributed by atoms with Gasteiger partial charge in [0.2, 0.25) is 5.91 Å². The first-order chi connectivity index (χ1) is 14.3. The van der Waals surface area contributed by atoms with E-state index in [1.54, 1.807) is 24.0 Å². The van der Waals surface area contributed by atoms with E-state index in [2.05, 4.69) is 13.8 Å². The molecule has 2 amide bonds. The second kappa shape index (κ2) is 9.98. The quantitative estimate of drug-likeness (QED) is 0.694. The number of hydrogen-bond acceptors (Lipinski definition) is 3. The van der Waals surface area contributed by atoms with Gasteiger partial charge in [0.25, 0.3) is 5.91 Å². The molecule has 0 N–H and O–H groups in total. The summed E-state index contributed by atoms with van der Waals surface area (Å²) in [5.41, 5.74) is 2.18. The molecule has 30 heavy (non-hydrogen) atoms. The number of halogens is 1. The maximum Gasteiger partial charge on any atom is 0.263 e. The molecule has 3 rings (SSSR count). The van der Waals surface area contributed by atoms with Crippen LogP contribution in [0.5, 0.6) is 5.75 Å². The Morgan fingerprint density at radius 1 is 0.900 bits per heavy atom. The van der Waals surface area contributed by atoms with E-state index in [0.717, 1.165) is 5.56 Å². The number of carbonyl (C=O) groups excluding carboxylic acids is 2. The molecule has 1 heterocycles. The van der Waals surface area contributed by atoms with Crippen LogP contribution in [0.2, 0.25) is 5.02 Å². The third-order valence-corrected chi connectivity index (χ3v) is 5.67. The van der Waals surface area contributed by atoms with Crippen LogP contribution < -0.4 is 4.74 Å². The van der Waals surface area contributed by atoms with Crippen molar-refractivity contribution >= 4 is 23.4 Å². The molecular formula is C24H29ClN2O3. The predicted molar refractivity (Wildman–Crippen MR) is 119 cm³/mol. The van der Waals surface area contributed by atoms with Crippen molar-refractivity contribution in [3.05, 3.63) is 64.7 Å². The lowest BCUT2D eigenvalue weighted by atomic mass is 10.0. The molecule has 5 nitrogen and oxygen atoms in total. The monoisotopic (exact) mass is 428 g/mol. The molecule has 2 aromatic rings. The first kappa shape index (κ1) is 22.2. The number of nitrogens with zero attached hydrogens (tertiary/aromatic N) is 2. The molecule has 0 bridgehead atoms. The van der Waals surface area contributed by atoms with Crippen LogP contribution in [-0.2, 0) is 16.0 Å². The van der Waals surface area contributed by atoms with Gasteiger partial charge in [-0.2, -0.15) is 0 Å². The maximum atomic E-state index is 12.8. The van der Waals surface area contributed by atoms with Crippen LogP contribution in [0.15, 0.2) is 48.5 Å². The second-order valence-electron chi connectivity index (χ2n) is 7.99. The molecular weight excluding hydrogens is 400 g/mol. The van der Waals surface area contributed by atoms with E-state index in [1.165, 1.54) is 5.56 Å². The molecule has 0 saturated carbocycles. The fourth-order valence-corrected chi connectivity index (χ4v) is 3.63. The van der Waals surface area contributed by atoms with Crippen LogP contribution in [0.4, 0.5) is 0 Å². The van der Waals surface area contributed by atoms with Crippen molar-refractivity contribution in [2.75, 3.05) is 26.2 Å². The Bertz CT molecular complexity index is 857. The highest BCUT2D eigenvalue weighted by Gasteiger charge is 2.27. The number of piperazine rings is 1. The Balaban J connectivity index is 1.48. The summed E-state index contributed by atoms with van der Waals surface area (Å²) in [6, 6.07) is 15.2. The topological polar surface area (TPSA) is 49.9 Å². The van der Waals surface area contributed by atoms with Crippen LogP contribution >= 0.6 is 11.6 Å². The minimum absolute atomic E-state index is 0.0484. The zero-order valence-electron chi connectivity index (χ0n) is 17.8. The Labute approximate surface area is 183 Å². The Kier molecular flexibility index (Phi) is 7.38. The molecule has 1 atom stereocenters. The molecule has 0 aliphatic carbocycles. The number of benzene rings is 2. The normalized spacial score (nSPS) is 15.2. The van der Waals surface area contributed by atoms with Crippen molar-refractivity contribution in [2.24, 2.45) is 0 Å². The highest BCUT2D eigenvalue weighted by molar-refractivity contribution is 6.30. The van der Waals surface area contributed by atoms with Gasteiger partial charge in [-0.05, 0) is 48.2 Å². The van der Waals surface area contributed by atoms with Crippen molar-refractivity contribution < 1.29 is 14.3 Å². The van der Waals surface area contributed by atoms with Gasteiger partial charge in [0.15, 0.2) is 6.10 Å². The summed E-state index contributed by atoms with van der Waals surface area (Å²) in [5, 5.41) is 0.658. The van der Waals surface area contributed by atoms with Crippen molar-refractivity contribution in [2.45, 2.75) is 39.2 Å². The van der Waals surface area contributed by atoms with Gasteiger partial charge in [0, 0.05) is 31.2 Å². The minimum atomic E-state index is -0.564. The third-order valence-electron chi connectivity index (χ3n) is 5.42. The molecule has 2 aromatic carbocycles. The summed E-state index contributed by atoms with van der Waals surface area (Å²) in [6.07, 6.45) is -0.219. The summed E-state index contributed by atoms with van der Waals surface area (Å²) in [5.74, 6) is 1.17. The fraction of sp³-hybridized carbons (Fsp3) is 0.417. The Morgan fingerprint density at radius 2 is 1.47 bits per heavy atom. The van der Waals surface area contributed by atoms with Crippen LogP contribution in [0.3, 0.4) is 0 Å². The second-order valence-corrected chi connectivity index (χ2v) is 8.43. The average Bonchev–Trinajstić information content (AvgIpc) is 2.75. The number of rotatable bonds is 6. The van der Waals surface area contributed by atoms with E-state index >= 15 is 0 Å². The van der Waals surface area contributed by atoms with Crippen molar-refractivity contribution in [3.63, 3.8) is 0 Å². The molecule has 1 fully saturated rings. The van der Waals surface area contributed by atoms with Gasteiger partial charge < -0.3 is 14.5 Å². The maximum absolute atomic E-state index is 12.8. The molecule has 1 aliphatic heterocycles. The lowest BCUT2D eigenvalue weighted by molar-refractivity contribution is -0.143. The van der Waals surface area contributed by atoms with Crippen LogP contribution in [0.1, 0.15) is 37.8 Å². The Hall–Kier alpha value is -2.53. The van der Waals surface area contributed by atoms with Gasteiger partial charge in [-0.1, -0.05) is 49.7 Å². The van der Waals surface area contributed by atoms with Gasteiger partial charge in [-0.25, -0.2) is 0 Å². The van der Waals surface area contributed by atoms with Crippen molar-refractivity contribution in [3.8, 4) is 5.75 Å². The summed E-state index contributed by atoms with van der Waals surface area (Å²) < 4.78 is 5.84. The van der Waals surface area contributed by atoms with Gasteiger partial charge in [-0.15, -0.1) is 0 Å². The van der Waals surface area contributed by atoms with Crippen molar-refractivity contribution in [1.29, 1.82) is 0 Å². The Morgan fingerprint density at radius 3 is 2.03 bits per heavy atom. The zero-order chi connectivity index (χ0) is 21.7. The van der Waals surface area contributed by atoms with E-state index in [4.69, 9.17) is 16.3 Å². The van der Waals surface area contributed by atoms with E-state index in [-0.39, 0.29) is 11.8 Å². The minimum Gasteiger partial charge on any atom is -0.481 e. The number of ether oxygens (including phenoxy) is 1. The first-order valence-corrected chi connectivity index (χ1v) is 10.8. The number of amides is 2. The van der Waals surface area contributed by atoms with Gasteiger partial charge in [0.05, 0.1) is 6.42 Å². The molecule has 0 spiro atoms. The highest BCUT2D eigenvalue weighted by atomic mass is 35.5. The number of carbonyl (C=O) groups is 2. The molecule has 1 saturated heterocycles. The average molecular weight is 429 g/mol. The van der Waals surface area contributed by atoms with Crippen LogP contribution in [0, 0.1) is 0 Å². The molecule has 6 heteroatoms. The largest absolute Gasteiger partial charge is 0.481 e. The lowest BCUT2D eigenvalue weighted by Gasteiger charge is -2.36. The summed E-state index contributed by atoms with van der Waals surface area (Å²) in [7, 11) is 0. The van der Waals surface area contributed by atoms with E-state index in [9.17, 15) is 9.59 Å². The lowest BCUT2D eigenvalue weighted by Crippen LogP contribution is -2.53. The standard InChI is InChI=1S/C24H29ClN2O3/c1-17(2)20-6-10-22(11-7-20)30-18(3)24(29)27-14-12-26(13-15-27)23(28)16-19-4-8-21(25)9-5-19/h4-11,17-18H,12-16H2,1-3H3. The van der Waals surface area contributed by atoms with Gasteiger partial charge >= 0.3 is 0 Å². The number of hydrogen-bond donors (Lipinski definition) is 0. The molecule has 0 radical (unpaired) electrons. The predicted octanol–water partition coefficient (Wildman–Crippen LogP) is 4.14. The zero-order valence-corrected chi connectivity index (χ0v) is 18.6. The third kappa shape index (κ3) is 5.76. The van der Waals surface area contributed by atoms with Gasteiger partial charge in [0.1, 0.15) is 5.75 Å². The van der Waals surface area contributed by atoms with Crippen LogP contribution in [0.25, 0.3) is 0 Å². The molecule has 1 aliphatic rings. The van der Waals surface area contributed by atoms with Gasteiger partial charge in [-0.3, -0.25) is 9.59 Å². The molecule has 1 unspecified atom stereocenters. The van der Waals surface area contributed by atoms with E-state index in [1.807, 2.05) is 41.3 Å². The van der Waals surface area contributed by atoms with Crippen molar-refractivity contribution in [1.82, 2.24) is 9.80 Å². The smallest absolute Gasteiger partial charge is 0.263 e. The highest BCUT2D eigenvalue weighted by Crippen LogP contribution is 2.20. The van der Waals surface area contributed by atoms with E-state index < -0.39 is 6.10 Å². The summed E-state index contributed by atoms with van der Waals surface area (Å²) in [4.78, 5) is 28.9. The first-order valence-electron chi connectivity index (χ1n) is 10.4. The van der Waals surface area contributed by atoms with E-state index in [0.29, 0.717) is 49.3 Å².